The van der Waals surface area contributed by atoms with Crippen LogP contribution >= 0.6 is 0 Å². The summed E-state index contributed by atoms with van der Waals surface area (Å²) in [6.45, 7) is 2.71. The number of nitrogens with one attached hydrogen (secondary N) is 1. The number of amides is 1. The summed E-state index contributed by atoms with van der Waals surface area (Å²) in [4.78, 5) is 24.1. The minimum absolute atomic E-state index is 0.206. The first kappa shape index (κ1) is 25.5. The molecule has 10 nitrogen and oxygen atoms in total. The Hall–Kier alpha value is -4.79. The maximum Gasteiger partial charge on any atom is 0.264 e. The Bertz CT molecular complexity index is 1920. The molecule has 1 N–H and O–H groups in total. The number of ether oxygens (including phenoxy) is 1. The van der Waals surface area contributed by atoms with E-state index >= 15 is 0 Å². The van der Waals surface area contributed by atoms with Gasteiger partial charge in [-0.2, -0.15) is 5.10 Å². The van der Waals surface area contributed by atoms with Crippen molar-refractivity contribution in [2.45, 2.75) is 0 Å². The molecular formula is C29H24N6O4S. The Morgan fingerprint density at radius 1 is 0.950 bits per heavy atom. The van der Waals surface area contributed by atoms with Crippen LogP contribution in [0.4, 0.5) is 5.69 Å². The fourth-order valence-electron chi connectivity index (χ4n) is 4.60. The fourth-order valence-corrected chi connectivity index (χ4v) is 5.05. The number of carbonyl (C=O) groups is 1. The van der Waals surface area contributed by atoms with Crippen molar-refractivity contribution < 1.29 is 17.9 Å². The number of pyridine rings is 1. The summed E-state index contributed by atoms with van der Waals surface area (Å²) in [5.74, 6) is 5.64. The van der Waals surface area contributed by atoms with E-state index in [4.69, 9.17) is 9.72 Å². The van der Waals surface area contributed by atoms with Crippen LogP contribution in [-0.4, -0.2) is 66.5 Å². The fraction of sp³-hybridized carbons (Fsp3) is 0.172. The number of aromatic nitrogens is 4. The first-order valence-electron chi connectivity index (χ1n) is 12.6. The van der Waals surface area contributed by atoms with Gasteiger partial charge in [-0.05, 0) is 42.2 Å². The van der Waals surface area contributed by atoms with Gasteiger partial charge in [-0.15, -0.1) is 0 Å². The van der Waals surface area contributed by atoms with Gasteiger partial charge in [-0.3, -0.25) is 4.79 Å². The smallest absolute Gasteiger partial charge is 0.264 e. The van der Waals surface area contributed by atoms with Crippen molar-refractivity contribution in [3.63, 3.8) is 0 Å². The molecule has 1 fully saturated rings. The minimum Gasteiger partial charge on any atom is -0.378 e. The molecule has 0 unspecified atom stereocenters. The van der Waals surface area contributed by atoms with Crippen LogP contribution in [0, 0.1) is 11.8 Å². The van der Waals surface area contributed by atoms with E-state index in [9.17, 15) is 13.2 Å². The molecule has 5 aromatic rings. The lowest BCUT2D eigenvalue weighted by molar-refractivity contribution is 0.0981. The molecule has 1 saturated heterocycles. The second kappa shape index (κ2) is 10.4. The SMILES string of the molecule is CS(=O)(=O)NC(=O)c1ccc(-c2c(C#Cc3ccc4ccccc4n3)nc3c(N4CCOCC4)ccnn23)cc1. The van der Waals surface area contributed by atoms with E-state index in [1.807, 2.05) is 47.2 Å². The van der Waals surface area contributed by atoms with Gasteiger partial charge in [-0.25, -0.2) is 27.6 Å². The highest BCUT2D eigenvalue weighted by Crippen LogP contribution is 2.29. The van der Waals surface area contributed by atoms with Crippen LogP contribution in [0.15, 0.2) is 72.9 Å². The summed E-state index contributed by atoms with van der Waals surface area (Å²) < 4.78 is 32.3. The van der Waals surface area contributed by atoms with E-state index in [-0.39, 0.29) is 5.56 Å². The molecule has 3 aromatic heterocycles. The summed E-state index contributed by atoms with van der Waals surface area (Å²) >= 11 is 0. The predicted molar refractivity (Wildman–Crippen MR) is 151 cm³/mol. The van der Waals surface area contributed by atoms with Crippen molar-refractivity contribution >= 4 is 38.2 Å². The summed E-state index contributed by atoms with van der Waals surface area (Å²) in [5.41, 5.74) is 5.09. The molecule has 2 aromatic carbocycles. The highest BCUT2D eigenvalue weighted by molar-refractivity contribution is 7.89. The van der Waals surface area contributed by atoms with Crippen LogP contribution in [0.1, 0.15) is 21.7 Å². The van der Waals surface area contributed by atoms with Crippen molar-refractivity contribution in [2.24, 2.45) is 0 Å². The number of benzene rings is 2. The third-order valence-electron chi connectivity index (χ3n) is 6.46. The first-order valence-corrected chi connectivity index (χ1v) is 14.5. The normalized spacial score (nSPS) is 13.7. The third-order valence-corrected chi connectivity index (χ3v) is 7.01. The van der Waals surface area contributed by atoms with E-state index in [0.29, 0.717) is 41.5 Å². The van der Waals surface area contributed by atoms with Crippen LogP contribution in [-0.2, 0) is 14.8 Å². The van der Waals surface area contributed by atoms with Gasteiger partial charge in [0.25, 0.3) is 5.91 Å². The molecule has 0 spiro atoms. The molecule has 0 atom stereocenters. The molecule has 0 bridgehead atoms. The van der Waals surface area contributed by atoms with E-state index < -0.39 is 15.9 Å². The van der Waals surface area contributed by atoms with Gasteiger partial charge < -0.3 is 9.64 Å². The topological polar surface area (TPSA) is 119 Å². The van der Waals surface area contributed by atoms with Gasteiger partial charge in [0.1, 0.15) is 17.1 Å². The van der Waals surface area contributed by atoms with Crippen LogP contribution in [0.5, 0.6) is 0 Å². The molecule has 1 aliphatic heterocycles. The molecule has 0 saturated carbocycles. The Morgan fingerprint density at radius 2 is 1.73 bits per heavy atom. The number of sulfonamides is 1. The summed E-state index contributed by atoms with van der Waals surface area (Å²) in [6, 6.07) is 20.2. The number of nitrogens with zero attached hydrogens (tertiary/aromatic N) is 5. The Morgan fingerprint density at radius 3 is 2.50 bits per heavy atom. The zero-order valence-electron chi connectivity index (χ0n) is 21.5. The number of hydrogen-bond acceptors (Lipinski definition) is 8. The van der Waals surface area contributed by atoms with Crippen molar-refractivity contribution in [1.82, 2.24) is 24.3 Å². The minimum atomic E-state index is -3.68. The quantitative estimate of drug-likeness (QED) is 0.338. The average molecular weight is 553 g/mol. The number of fused-ring (bicyclic) bond motifs is 2. The lowest BCUT2D eigenvalue weighted by atomic mass is 10.1. The van der Waals surface area contributed by atoms with E-state index in [1.54, 1.807) is 35.0 Å². The molecule has 4 heterocycles. The standard InChI is InChI=1S/C29H24N6O4S/c1-40(37,38)33-29(36)22-8-6-21(7-9-22)27-25(13-12-23-11-10-20-4-2-3-5-24(20)31-23)32-28-26(14-15-30-35(27)28)34-16-18-39-19-17-34/h2-11,14-15H,16-19H2,1H3,(H,33,36). The number of rotatable bonds is 4. The zero-order valence-corrected chi connectivity index (χ0v) is 22.4. The highest BCUT2D eigenvalue weighted by Gasteiger charge is 2.21. The molecule has 0 aliphatic carbocycles. The maximum atomic E-state index is 12.3. The maximum absolute atomic E-state index is 12.3. The van der Waals surface area contributed by atoms with Gasteiger partial charge in [0.15, 0.2) is 5.65 Å². The second-order valence-corrected chi connectivity index (χ2v) is 11.0. The van der Waals surface area contributed by atoms with Crippen molar-refractivity contribution in [3.05, 3.63) is 89.9 Å². The molecule has 40 heavy (non-hydrogen) atoms. The Labute approximate surface area is 230 Å². The van der Waals surface area contributed by atoms with Gasteiger partial charge in [0, 0.05) is 29.6 Å². The van der Waals surface area contributed by atoms with Gasteiger partial charge in [0.05, 0.1) is 36.9 Å². The molecule has 11 heteroatoms. The second-order valence-electron chi connectivity index (χ2n) is 9.28. The summed E-state index contributed by atoms with van der Waals surface area (Å²) in [5, 5.41) is 5.62. The van der Waals surface area contributed by atoms with Gasteiger partial charge in [-0.1, -0.05) is 36.4 Å². The monoisotopic (exact) mass is 552 g/mol. The Balaban J connectivity index is 1.46. The summed E-state index contributed by atoms with van der Waals surface area (Å²) in [6.07, 6.45) is 2.66. The molecule has 6 rings (SSSR count). The van der Waals surface area contributed by atoms with E-state index in [0.717, 1.165) is 35.9 Å². The van der Waals surface area contributed by atoms with Crippen LogP contribution in [0.3, 0.4) is 0 Å². The predicted octanol–water partition coefficient (Wildman–Crippen LogP) is 2.87. The third kappa shape index (κ3) is 5.22. The average Bonchev–Trinajstić information content (AvgIpc) is 3.34. The van der Waals surface area contributed by atoms with Crippen molar-refractivity contribution in [2.75, 3.05) is 37.5 Å². The Kier molecular flexibility index (Phi) is 6.63. The molecule has 1 aliphatic rings. The number of imidazole rings is 1. The summed E-state index contributed by atoms with van der Waals surface area (Å²) in [7, 11) is -3.68. The molecular weight excluding hydrogens is 528 g/mol. The van der Waals surface area contributed by atoms with Crippen molar-refractivity contribution in [3.8, 4) is 23.1 Å². The molecule has 200 valence electrons. The van der Waals surface area contributed by atoms with Gasteiger partial charge in [0.2, 0.25) is 10.0 Å². The van der Waals surface area contributed by atoms with Crippen LogP contribution in [0.25, 0.3) is 27.8 Å². The number of hydrogen-bond donors (Lipinski definition) is 1. The zero-order chi connectivity index (χ0) is 27.7. The highest BCUT2D eigenvalue weighted by atomic mass is 32.2. The molecule has 0 radical (unpaired) electrons. The van der Waals surface area contributed by atoms with Gasteiger partial charge >= 0.3 is 0 Å². The number of morpholine rings is 1. The lowest BCUT2D eigenvalue weighted by Crippen LogP contribution is -2.36. The largest absolute Gasteiger partial charge is 0.378 e. The lowest BCUT2D eigenvalue weighted by Gasteiger charge is -2.28. The van der Waals surface area contributed by atoms with E-state index in [1.165, 1.54) is 0 Å². The number of anilines is 1. The first-order chi connectivity index (χ1) is 19.4. The van der Waals surface area contributed by atoms with Crippen LogP contribution < -0.4 is 9.62 Å². The molecule has 1 amide bonds. The van der Waals surface area contributed by atoms with Crippen molar-refractivity contribution in [1.29, 1.82) is 0 Å². The van der Waals surface area contributed by atoms with E-state index in [2.05, 4.69) is 26.8 Å². The number of para-hydroxylation sites is 1. The van der Waals surface area contributed by atoms with Crippen LogP contribution in [0.2, 0.25) is 0 Å². The number of carbonyl (C=O) groups excluding carboxylic acids is 1.